The van der Waals surface area contributed by atoms with Crippen molar-refractivity contribution in [3.63, 3.8) is 0 Å². The first-order valence-electron chi connectivity index (χ1n) is 5.06. The molecule has 0 spiro atoms. The molecule has 0 aliphatic rings. The third-order valence-electron chi connectivity index (χ3n) is 2.15. The van der Waals surface area contributed by atoms with Gasteiger partial charge in [-0.2, -0.15) is 0 Å². The van der Waals surface area contributed by atoms with E-state index >= 15 is 0 Å². The second-order valence-electron chi connectivity index (χ2n) is 4.22. The molecule has 1 rings (SSSR count). The van der Waals surface area contributed by atoms with Crippen LogP contribution in [0.4, 0.5) is 5.82 Å². The van der Waals surface area contributed by atoms with Crippen molar-refractivity contribution in [1.29, 1.82) is 0 Å². The van der Waals surface area contributed by atoms with Gasteiger partial charge >= 0.3 is 0 Å². The Morgan fingerprint density at radius 1 is 1.44 bits per heavy atom. The van der Waals surface area contributed by atoms with Crippen LogP contribution in [0.2, 0.25) is 0 Å². The molecule has 1 aromatic rings. The topological polar surface area (TPSA) is 107 Å². The Labute approximate surface area is 94.4 Å². The summed E-state index contributed by atoms with van der Waals surface area (Å²) in [6.45, 7) is 4.62. The van der Waals surface area contributed by atoms with Crippen molar-refractivity contribution in [2.24, 2.45) is 11.5 Å². The second kappa shape index (κ2) is 4.89. The van der Waals surface area contributed by atoms with Gasteiger partial charge in [-0.05, 0) is 38.9 Å². The molecule has 1 amide bonds. The molecule has 0 unspecified atom stereocenters. The first kappa shape index (κ1) is 12.4. The van der Waals surface area contributed by atoms with Crippen molar-refractivity contribution < 1.29 is 4.79 Å². The summed E-state index contributed by atoms with van der Waals surface area (Å²) >= 11 is 0. The number of nitrogens with two attached hydrogens (primary N) is 2. The van der Waals surface area contributed by atoms with E-state index in [0.717, 1.165) is 6.42 Å². The molecule has 0 radical (unpaired) electrons. The SMILES string of the molecule is CC(C)(CCN)Nc1ccc(C(N)=O)nn1. The summed E-state index contributed by atoms with van der Waals surface area (Å²) in [4.78, 5) is 10.8. The molecule has 16 heavy (non-hydrogen) atoms. The smallest absolute Gasteiger partial charge is 0.269 e. The average molecular weight is 223 g/mol. The molecule has 88 valence electrons. The molecule has 0 saturated heterocycles. The lowest BCUT2D eigenvalue weighted by Crippen LogP contribution is -2.34. The number of carbonyl (C=O) groups excluding carboxylic acids is 1. The predicted molar refractivity (Wildman–Crippen MR) is 61.9 cm³/mol. The Kier molecular flexibility index (Phi) is 3.78. The number of nitrogens with zero attached hydrogens (tertiary/aromatic N) is 2. The van der Waals surface area contributed by atoms with Crippen LogP contribution >= 0.6 is 0 Å². The highest BCUT2D eigenvalue weighted by Crippen LogP contribution is 2.14. The molecular formula is C10H17N5O. The van der Waals surface area contributed by atoms with Crippen LogP contribution in [0.5, 0.6) is 0 Å². The number of nitrogens with one attached hydrogen (secondary N) is 1. The van der Waals surface area contributed by atoms with Crippen molar-refractivity contribution in [1.82, 2.24) is 10.2 Å². The molecule has 0 aromatic carbocycles. The molecular weight excluding hydrogens is 206 g/mol. The summed E-state index contributed by atoms with van der Waals surface area (Å²) in [5.41, 5.74) is 10.6. The zero-order valence-corrected chi connectivity index (χ0v) is 9.53. The number of primary amides is 1. The summed E-state index contributed by atoms with van der Waals surface area (Å²) in [6, 6.07) is 3.21. The van der Waals surface area contributed by atoms with Gasteiger partial charge in [-0.3, -0.25) is 4.79 Å². The minimum absolute atomic E-state index is 0.155. The van der Waals surface area contributed by atoms with E-state index in [1.54, 1.807) is 6.07 Å². The highest BCUT2D eigenvalue weighted by Gasteiger charge is 2.17. The molecule has 6 nitrogen and oxygen atoms in total. The van der Waals surface area contributed by atoms with Crippen molar-refractivity contribution in [2.75, 3.05) is 11.9 Å². The molecule has 1 heterocycles. The molecule has 0 saturated carbocycles. The van der Waals surface area contributed by atoms with Crippen molar-refractivity contribution in [3.8, 4) is 0 Å². The third-order valence-corrected chi connectivity index (χ3v) is 2.15. The standard InChI is InChI=1S/C10H17N5O/c1-10(2,5-6-11)13-8-4-3-7(9(12)16)14-15-8/h3-4H,5-6,11H2,1-2H3,(H2,12,16)(H,13,15). The largest absolute Gasteiger partial charge is 0.364 e. The van der Waals surface area contributed by atoms with Crippen LogP contribution < -0.4 is 16.8 Å². The zero-order valence-electron chi connectivity index (χ0n) is 9.53. The normalized spacial score (nSPS) is 11.2. The molecule has 5 N–H and O–H groups in total. The number of amides is 1. The Morgan fingerprint density at radius 2 is 2.12 bits per heavy atom. The van der Waals surface area contributed by atoms with Crippen molar-refractivity contribution >= 4 is 11.7 Å². The number of rotatable bonds is 5. The summed E-state index contributed by atoms with van der Waals surface area (Å²) < 4.78 is 0. The highest BCUT2D eigenvalue weighted by molar-refractivity contribution is 5.90. The lowest BCUT2D eigenvalue weighted by atomic mass is 10.0. The molecule has 6 heteroatoms. The van der Waals surface area contributed by atoms with Gasteiger partial charge in [-0.1, -0.05) is 0 Å². The summed E-state index contributed by atoms with van der Waals surface area (Å²) in [5, 5.41) is 10.7. The van der Waals surface area contributed by atoms with Crippen molar-refractivity contribution in [2.45, 2.75) is 25.8 Å². The van der Waals surface area contributed by atoms with E-state index in [1.165, 1.54) is 6.07 Å². The van der Waals surface area contributed by atoms with Gasteiger partial charge in [0, 0.05) is 5.54 Å². The molecule has 0 bridgehead atoms. The lowest BCUT2D eigenvalue weighted by molar-refractivity contribution is 0.0994. The predicted octanol–water partition coefficient (Wildman–Crippen LogP) is 0.115. The molecule has 0 aliphatic carbocycles. The summed E-state index contributed by atoms with van der Waals surface area (Å²) in [6.07, 6.45) is 0.812. The summed E-state index contributed by atoms with van der Waals surface area (Å²) in [7, 11) is 0. The van der Waals surface area contributed by atoms with Gasteiger partial charge in [0.1, 0.15) is 5.82 Å². The maximum Gasteiger partial charge on any atom is 0.269 e. The fourth-order valence-corrected chi connectivity index (χ4v) is 1.30. The maximum absolute atomic E-state index is 10.8. The van der Waals surface area contributed by atoms with Crippen LogP contribution in [0.25, 0.3) is 0 Å². The highest BCUT2D eigenvalue weighted by atomic mass is 16.1. The van der Waals surface area contributed by atoms with E-state index in [9.17, 15) is 4.79 Å². The van der Waals surface area contributed by atoms with Crippen LogP contribution in [0, 0.1) is 0 Å². The minimum Gasteiger partial charge on any atom is -0.364 e. The Hall–Kier alpha value is -1.69. The average Bonchev–Trinajstić information content (AvgIpc) is 2.17. The number of hydrogen-bond donors (Lipinski definition) is 3. The zero-order chi connectivity index (χ0) is 12.2. The minimum atomic E-state index is -0.583. The molecule has 1 aromatic heterocycles. The van der Waals surface area contributed by atoms with E-state index in [1.807, 2.05) is 13.8 Å². The Bertz CT molecular complexity index is 360. The maximum atomic E-state index is 10.8. The van der Waals surface area contributed by atoms with Crippen LogP contribution in [0.15, 0.2) is 12.1 Å². The quantitative estimate of drug-likeness (QED) is 0.657. The fourth-order valence-electron chi connectivity index (χ4n) is 1.30. The van der Waals surface area contributed by atoms with Crippen LogP contribution in [0.1, 0.15) is 30.8 Å². The first-order valence-corrected chi connectivity index (χ1v) is 5.06. The Balaban J connectivity index is 2.72. The third kappa shape index (κ3) is 3.47. The van der Waals surface area contributed by atoms with Gasteiger partial charge < -0.3 is 16.8 Å². The molecule has 0 aliphatic heterocycles. The van der Waals surface area contributed by atoms with Crippen LogP contribution in [-0.2, 0) is 0 Å². The fraction of sp³-hybridized carbons (Fsp3) is 0.500. The first-order chi connectivity index (χ1) is 7.44. The number of anilines is 1. The van der Waals surface area contributed by atoms with Crippen LogP contribution in [0.3, 0.4) is 0 Å². The van der Waals surface area contributed by atoms with E-state index in [4.69, 9.17) is 11.5 Å². The van der Waals surface area contributed by atoms with E-state index < -0.39 is 5.91 Å². The monoisotopic (exact) mass is 223 g/mol. The number of hydrogen-bond acceptors (Lipinski definition) is 5. The molecule has 0 atom stereocenters. The second-order valence-corrected chi connectivity index (χ2v) is 4.22. The van der Waals surface area contributed by atoms with Gasteiger partial charge in [0.25, 0.3) is 5.91 Å². The van der Waals surface area contributed by atoms with E-state index in [2.05, 4.69) is 15.5 Å². The van der Waals surface area contributed by atoms with Gasteiger partial charge in [-0.15, -0.1) is 10.2 Å². The van der Waals surface area contributed by atoms with E-state index in [0.29, 0.717) is 12.4 Å². The Morgan fingerprint density at radius 3 is 2.56 bits per heavy atom. The van der Waals surface area contributed by atoms with Crippen LogP contribution in [-0.4, -0.2) is 28.2 Å². The number of carbonyl (C=O) groups is 1. The summed E-state index contributed by atoms with van der Waals surface area (Å²) in [5.74, 6) is 0.0173. The number of aromatic nitrogens is 2. The molecule has 0 fully saturated rings. The van der Waals surface area contributed by atoms with Gasteiger partial charge in [-0.25, -0.2) is 0 Å². The van der Waals surface area contributed by atoms with Gasteiger partial charge in [0.05, 0.1) is 0 Å². The van der Waals surface area contributed by atoms with Gasteiger partial charge in [0.15, 0.2) is 5.69 Å². The van der Waals surface area contributed by atoms with Gasteiger partial charge in [0.2, 0.25) is 0 Å². The van der Waals surface area contributed by atoms with E-state index in [-0.39, 0.29) is 11.2 Å². The van der Waals surface area contributed by atoms with Crippen molar-refractivity contribution in [3.05, 3.63) is 17.8 Å². The lowest BCUT2D eigenvalue weighted by Gasteiger charge is -2.25.